The highest BCUT2D eigenvalue weighted by molar-refractivity contribution is 7.92. The van der Waals surface area contributed by atoms with E-state index in [0.717, 1.165) is 22.2 Å². The van der Waals surface area contributed by atoms with Gasteiger partial charge in [-0.05, 0) is 30.2 Å². The number of sulfonamides is 1. The molecule has 0 aliphatic heterocycles. The minimum Gasteiger partial charge on any atom is -0.350 e. The molecule has 0 aromatic heterocycles. The Morgan fingerprint density at radius 2 is 1.89 bits per heavy atom. The molecule has 0 bridgehead atoms. The standard InChI is InChI=1S/C18H20ClN3O5S/c1-3-17(18(23)20-12-13-7-9-14(19)10-8-13)21(28(2,26)27)15-5-4-6-16(11-15)22(24)25/h4-11,17H,3,12H2,1-2H3,(H,20,23)/t17-/m1/s1. The predicted molar refractivity (Wildman–Crippen MR) is 108 cm³/mol. The molecule has 0 saturated carbocycles. The van der Waals surface area contributed by atoms with Gasteiger partial charge >= 0.3 is 0 Å². The second-order valence-electron chi connectivity index (χ2n) is 6.10. The van der Waals surface area contributed by atoms with Crippen molar-refractivity contribution in [2.24, 2.45) is 0 Å². The molecule has 0 heterocycles. The zero-order valence-corrected chi connectivity index (χ0v) is 16.9. The summed E-state index contributed by atoms with van der Waals surface area (Å²) in [7, 11) is -3.87. The van der Waals surface area contributed by atoms with Gasteiger partial charge in [0.15, 0.2) is 0 Å². The fraction of sp³-hybridized carbons (Fsp3) is 0.278. The molecule has 2 rings (SSSR count). The summed E-state index contributed by atoms with van der Waals surface area (Å²) in [5.41, 5.74) is 0.599. The van der Waals surface area contributed by atoms with Crippen LogP contribution in [0.4, 0.5) is 11.4 Å². The largest absolute Gasteiger partial charge is 0.350 e. The number of carbonyl (C=O) groups is 1. The van der Waals surface area contributed by atoms with E-state index in [1.165, 1.54) is 18.2 Å². The van der Waals surface area contributed by atoms with Crippen molar-refractivity contribution in [1.29, 1.82) is 0 Å². The molecule has 0 aliphatic carbocycles. The minimum absolute atomic E-state index is 0.0604. The van der Waals surface area contributed by atoms with Crippen molar-refractivity contribution < 1.29 is 18.1 Å². The molecule has 2 aromatic carbocycles. The van der Waals surface area contributed by atoms with E-state index < -0.39 is 26.9 Å². The average Bonchev–Trinajstić information content (AvgIpc) is 2.64. The van der Waals surface area contributed by atoms with Crippen LogP contribution in [0.1, 0.15) is 18.9 Å². The number of anilines is 1. The Balaban J connectivity index is 2.29. The number of non-ortho nitro benzene ring substituents is 1. The molecule has 1 atom stereocenters. The topological polar surface area (TPSA) is 110 Å². The van der Waals surface area contributed by atoms with Crippen molar-refractivity contribution >= 4 is 38.9 Å². The summed E-state index contributed by atoms with van der Waals surface area (Å²) in [5, 5.41) is 14.3. The molecule has 28 heavy (non-hydrogen) atoms. The average molecular weight is 426 g/mol. The monoisotopic (exact) mass is 425 g/mol. The summed E-state index contributed by atoms with van der Waals surface area (Å²) in [6.07, 6.45) is 1.14. The van der Waals surface area contributed by atoms with Crippen LogP contribution in [0.2, 0.25) is 5.02 Å². The molecule has 1 amide bonds. The van der Waals surface area contributed by atoms with Gasteiger partial charge in [-0.1, -0.05) is 36.7 Å². The number of hydrogen-bond acceptors (Lipinski definition) is 5. The summed E-state index contributed by atoms with van der Waals surface area (Å²) in [6.45, 7) is 1.86. The lowest BCUT2D eigenvalue weighted by molar-refractivity contribution is -0.384. The van der Waals surface area contributed by atoms with Crippen LogP contribution in [-0.2, 0) is 21.4 Å². The highest BCUT2D eigenvalue weighted by Crippen LogP contribution is 2.26. The first-order valence-electron chi connectivity index (χ1n) is 8.39. The molecule has 10 heteroatoms. The van der Waals surface area contributed by atoms with Gasteiger partial charge in [-0.3, -0.25) is 19.2 Å². The number of nitrogens with one attached hydrogen (secondary N) is 1. The van der Waals surface area contributed by atoms with Gasteiger partial charge in [0.05, 0.1) is 16.9 Å². The van der Waals surface area contributed by atoms with Crippen molar-refractivity contribution in [3.05, 3.63) is 69.2 Å². The molecule has 0 fully saturated rings. The van der Waals surface area contributed by atoms with Crippen LogP contribution in [0.25, 0.3) is 0 Å². The Morgan fingerprint density at radius 1 is 1.25 bits per heavy atom. The van der Waals surface area contributed by atoms with Crippen molar-refractivity contribution in [3.8, 4) is 0 Å². The molecule has 0 radical (unpaired) electrons. The Bertz CT molecular complexity index is 963. The maximum atomic E-state index is 12.7. The van der Waals surface area contributed by atoms with Crippen LogP contribution >= 0.6 is 11.6 Å². The molecule has 0 spiro atoms. The zero-order chi connectivity index (χ0) is 20.9. The third kappa shape index (κ3) is 5.43. The highest BCUT2D eigenvalue weighted by atomic mass is 35.5. The van der Waals surface area contributed by atoms with E-state index in [-0.39, 0.29) is 24.3 Å². The van der Waals surface area contributed by atoms with Crippen LogP contribution < -0.4 is 9.62 Å². The quantitative estimate of drug-likeness (QED) is 0.516. The van der Waals surface area contributed by atoms with Crippen molar-refractivity contribution in [2.75, 3.05) is 10.6 Å². The molecule has 150 valence electrons. The van der Waals surface area contributed by atoms with Crippen LogP contribution in [0.15, 0.2) is 48.5 Å². The first kappa shape index (κ1) is 21.6. The molecule has 0 saturated heterocycles. The fourth-order valence-corrected chi connectivity index (χ4v) is 4.04. The van der Waals surface area contributed by atoms with Gasteiger partial charge in [-0.25, -0.2) is 8.42 Å². The summed E-state index contributed by atoms with van der Waals surface area (Å²) < 4.78 is 25.7. The summed E-state index contributed by atoms with van der Waals surface area (Å²) >= 11 is 5.83. The first-order chi connectivity index (χ1) is 13.1. The number of hydrogen-bond donors (Lipinski definition) is 1. The highest BCUT2D eigenvalue weighted by Gasteiger charge is 2.32. The minimum atomic E-state index is -3.87. The number of rotatable bonds is 8. The molecular weight excluding hydrogens is 406 g/mol. The van der Waals surface area contributed by atoms with E-state index in [4.69, 9.17) is 11.6 Å². The lowest BCUT2D eigenvalue weighted by Crippen LogP contribution is -2.49. The predicted octanol–water partition coefficient (Wildman–Crippen LogP) is 3.11. The first-order valence-corrected chi connectivity index (χ1v) is 10.6. The van der Waals surface area contributed by atoms with Gasteiger partial charge in [0.1, 0.15) is 6.04 Å². The van der Waals surface area contributed by atoms with Gasteiger partial charge in [-0.15, -0.1) is 0 Å². The number of nitro benzene ring substituents is 1. The van der Waals surface area contributed by atoms with Crippen molar-refractivity contribution in [1.82, 2.24) is 5.32 Å². The summed E-state index contributed by atoms with van der Waals surface area (Å²) in [4.78, 5) is 23.1. The van der Waals surface area contributed by atoms with E-state index in [0.29, 0.717) is 5.02 Å². The molecule has 0 unspecified atom stereocenters. The third-order valence-corrected chi connectivity index (χ3v) is 5.44. The second kappa shape index (κ2) is 9.03. The van der Waals surface area contributed by atoms with Crippen molar-refractivity contribution in [2.45, 2.75) is 25.9 Å². The summed E-state index contributed by atoms with van der Waals surface area (Å²) in [6, 6.07) is 11.0. The van der Waals surface area contributed by atoms with Gasteiger partial charge in [0.2, 0.25) is 15.9 Å². The Kier molecular flexibility index (Phi) is 6.98. The second-order valence-corrected chi connectivity index (χ2v) is 8.40. The van der Waals surface area contributed by atoms with Gasteiger partial charge in [-0.2, -0.15) is 0 Å². The van der Waals surface area contributed by atoms with E-state index in [1.54, 1.807) is 31.2 Å². The molecular formula is C18H20ClN3O5S. The number of halogens is 1. The third-order valence-electron chi connectivity index (χ3n) is 4.00. The normalized spacial score (nSPS) is 12.2. The van der Waals surface area contributed by atoms with Crippen molar-refractivity contribution in [3.63, 3.8) is 0 Å². The lowest BCUT2D eigenvalue weighted by Gasteiger charge is -2.30. The van der Waals surface area contributed by atoms with E-state index in [2.05, 4.69) is 5.32 Å². The van der Waals surface area contributed by atoms with Crippen LogP contribution in [0, 0.1) is 10.1 Å². The molecule has 8 nitrogen and oxygen atoms in total. The number of amides is 1. The number of benzene rings is 2. The van der Waals surface area contributed by atoms with E-state index >= 15 is 0 Å². The Hall–Kier alpha value is -2.65. The smallest absolute Gasteiger partial charge is 0.271 e. The lowest BCUT2D eigenvalue weighted by atomic mass is 10.1. The molecule has 1 N–H and O–H groups in total. The van der Waals surface area contributed by atoms with Gasteiger partial charge < -0.3 is 5.32 Å². The molecule has 2 aromatic rings. The maximum absolute atomic E-state index is 12.7. The number of nitrogens with zero attached hydrogens (tertiary/aromatic N) is 2. The zero-order valence-electron chi connectivity index (χ0n) is 15.3. The summed E-state index contributed by atoms with van der Waals surface area (Å²) in [5.74, 6) is -0.505. The Morgan fingerprint density at radius 3 is 2.43 bits per heavy atom. The number of nitro groups is 1. The fourth-order valence-electron chi connectivity index (χ4n) is 2.71. The maximum Gasteiger partial charge on any atom is 0.271 e. The van der Waals surface area contributed by atoms with E-state index in [9.17, 15) is 23.3 Å². The van der Waals surface area contributed by atoms with Crippen LogP contribution in [-0.4, -0.2) is 31.5 Å². The Labute approximate surface area is 168 Å². The molecule has 0 aliphatic rings. The van der Waals surface area contributed by atoms with E-state index in [1.807, 2.05) is 0 Å². The SMILES string of the molecule is CC[C@H](C(=O)NCc1ccc(Cl)cc1)N(c1cccc([N+](=O)[O-])c1)S(C)(=O)=O. The van der Waals surface area contributed by atoms with Gasteiger partial charge in [0, 0.05) is 23.7 Å². The van der Waals surface area contributed by atoms with Gasteiger partial charge in [0.25, 0.3) is 5.69 Å². The number of carbonyl (C=O) groups excluding carboxylic acids is 1. The van der Waals surface area contributed by atoms with Crippen LogP contribution in [0.5, 0.6) is 0 Å². The van der Waals surface area contributed by atoms with Crippen LogP contribution in [0.3, 0.4) is 0 Å².